The molecule has 0 aromatic heterocycles. The number of carbonyl (C=O) groups is 1. The van der Waals surface area contributed by atoms with Crippen molar-refractivity contribution in [3.63, 3.8) is 0 Å². The molecule has 3 N–H and O–H groups in total. The third-order valence-electron chi connectivity index (χ3n) is 7.39. The molecule has 0 saturated heterocycles. The SMILES string of the molecule is CC(=O)NC(Cc1cc(F)cc(OCc2ccccc2)c1)C(O)CNC1CCCc2ccc(C(C)(C)C)cc21. The van der Waals surface area contributed by atoms with Crippen molar-refractivity contribution in [1.82, 2.24) is 10.6 Å². The van der Waals surface area contributed by atoms with E-state index in [-0.39, 0.29) is 23.8 Å². The van der Waals surface area contributed by atoms with Crippen molar-refractivity contribution in [2.24, 2.45) is 0 Å². The molecule has 0 spiro atoms. The molecule has 0 heterocycles. The number of benzene rings is 3. The maximum absolute atomic E-state index is 14.5. The minimum absolute atomic E-state index is 0.0572. The molecule has 0 fully saturated rings. The number of aryl methyl sites for hydroxylation is 1. The Balaban J connectivity index is 1.44. The number of carbonyl (C=O) groups excluding carboxylic acids is 1. The van der Waals surface area contributed by atoms with Gasteiger partial charge in [-0.1, -0.05) is 69.3 Å². The van der Waals surface area contributed by atoms with E-state index < -0.39 is 18.0 Å². The summed E-state index contributed by atoms with van der Waals surface area (Å²) in [5.74, 6) is -0.247. The van der Waals surface area contributed by atoms with Crippen LogP contribution in [0.4, 0.5) is 4.39 Å². The molecular weight excluding hydrogens is 491 g/mol. The second kappa shape index (κ2) is 12.8. The zero-order chi connectivity index (χ0) is 28.0. The lowest BCUT2D eigenvalue weighted by atomic mass is 9.80. The van der Waals surface area contributed by atoms with Crippen LogP contribution >= 0.6 is 0 Å². The number of ether oxygens (including phenoxy) is 1. The van der Waals surface area contributed by atoms with Gasteiger partial charge in [-0.15, -0.1) is 0 Å². The predicted octanol–water partition coefficient (Wildman–Crippen LogP) is 5.78. The van der Waals surface area contributed by atoms with Gasteiger partial charge < -0.3 is 20.5 Å². The average molecular weight is 533 g/mol. The maximum Gasteiger partial charge on any atom is 0.217 e. The van der Waals surface area contributed by atoms with Gasteiger partial charge in [-0.25, -0.2) is 4.39 Å². The Morgan fingerprint density at radius 3 is 2.56 bits per heavy atom. The smallest absolute Gasteiger partial charge is 0.217 e. The Kier molecular flexibility index (Phi) is 9.41. The van der Waals surface area contributed by atoms with E-state index >= 15 is 0 Å². The number of aliphatic hydroxyl groups is 1. The van der Waals surface area contributed by atoms with Crippen LogP contribution < -0.4 is 15.4 Å². The normalized spacial score (nSPS) is 16.7. The van der Waals surface area contributed by atoms with E-state index in [0.717, 1.165) is 24.8 Å². The molecule has 1 aliphatic carbocycles. The lowest BCUT2D eigenvalue weighted by Crippen LogP contribution is -2.48. The lowest BCUT2D eigenvalue weighted by molar-refractivity contribution is -0.120. The molecule has 4 rings (SSSR count). The summed E-state index contributed by atoms with van der Waals surface area (Å²) in [4.78, 5) is 12.0. The molecule has 0 saturated carbocycles. The van der Waals surface area contributed by atoms with E-state index in [9.17, 15) is 14.3 Å². The van der Waals surface area contributed by atoms with E-state index in [0.29, 0.717) is 24.5 Å². The van der Waals surface area contributed by atoms with Crippen LogP contribution in [0.3, 0.4) is 0 Å². The van der Waals surface area contributed by atoms with E-state index in [4.69, 9.17) is 4.74 Å². The first kappa shape index (κ1) is 28.8. The van der Waals surface area contributed by atoms with E-state index in [1.54, 1.807) is 6.07 Å². The highest BCUT2D eigenvalue weighted by Crippen LogP contribution is 2.33. The van der Waals surface area contributed by atoms with E-state index in [1.165, 1.54) is 35.7 Å². The molecule has 39 heavy (non-hydrogen) atoms. The predicted molar refractivity (Wildman–Crippen MR) is 153 cm³/mol. The van der Waals surface area contributed by atoms with Crippen LogP contribution in [0.5, 0.6) is 5.75 Å². The van der Waals surface area contributed by atoms with Gasteiger partial charge in [0.25, 0.3) is 0 Å². The topological polar surface area (TPSA) is 70.6 Å². The van der Waals surface area contributed by atoms with Crippen LogP contribution in [0.2, 0.25) is 0 Å². The number of halogens is 1. The minimum Gasteiger partial charge on any atom is -0.489 e. The van der Waals surface area contributed by atoms with Crippen molar-refractivity contribution in [2.75, 3.05) is 6.54 Å². The highest BCUT2D eigenvalue weighted by atomic mass is 19.1. The zero-order valence-corrected chi connectivity index (χ0v) is 23.5. The molecule has 3 atom stereocenters. The zero-order valence-electron chi connectivity index (χ0n) is 23.5. The second-order valence-electron chi connectivity index (χ2n) is 11.7. The standard InChI is InChI=1S/C33H41FN2O3/c1-22(37)36-31(17-24-15-27(34)19-28(16-24)39-21-23-9-6-5-7-10-23)32(38)20-35-30-12-8-11-25-13-14-26(18-29(25)30)33(2,3)4/h5-7,9-10,13-16,18-19,30-32,35,38H,8,11-12,17,20-21H2,1-4H3,(H,36,37). The summed E-state index contributed by atoms with van der Waals surface area (Å²) in [7, 11) is 0. The Morgan fingerprint density at radius 2 is 1.85 bits per heavy atom. The van der Waals surface area contributed by atoms with Crippen molar-refractivity contribution in [3.05, 3.63) is 100 Å². The molecule has 1 aliphatic rings. The maximum atomic E-state index is 14.5. The first-order valence-corrected chi connectivity index (χ1v) is 13.9. The van der Waals surface area contributed by atoms with Gasteiger partial charge >= 0.3 is 0 Å². The van der Waals surface area contributed by atoms with Gasteiger partial charge in [0.05, 0.1) is 12.1 Å². The number of aliphatic hydroxyl groups excluding tert-OH is 1. The van der Waals surface area contributed by atoms with Crippen LogP contribution in [-0.2, 0) is 29.7 Å². The Hall–Kier alpha value is -3.22. The molecule has 6 heteroatoms. The number of hydrogen-bond acceptors (Lipinski definition) is 4. The largest absolute Gasteiger partial charge is 0.489 e. The molecule has 3 aromatic carbocycles. The summed E-state index contributed by atoms with van der Waals surface area (Å²) >= 11 is 0. The van der Waals surface area contributed by atoms with Crippen LogP contribution in [0.15, 0.2) is 66.7 Å². The fraction of sp³-hybridized carbons (Fsp3) is 0.424. The number of rotatable bonds is 10. The fourth-order valence-corrected chi connectivity index (χ4v) is 5.24. The molecular formula is C33H41FN2O3. The highest BCUT2D eigenvalue weighted by Gasteiger charge is 2.26. The van der Waals surface area contributed by atoms with Crippen molar-refractivity contribution >= 4 is 5.91 Å². The second-order valence-corrected chi connectivity index (χ2v) is 11.7. The number of amides is 1. The van der Waals surface area contributed by atoms with Gasteiger partial charge in [0, 0.05) is 25.6 Å². The Labute approximate surface area is 231 Å². The van der Waals surface area contributed by atoms with Crippen molar-refractivity contribution in [2.45, 2.75) is 83.6 Å². The third kappa shape index (κ3) is 8.13. The minimum atomic E-state index is -0.859. The summed E-state index contributed by atoms with van der Waals surface area (Å²) < 4.78 is 20.3. The lowest BCUT2D eigenvalue weighted by Gasteiger charge is -2.31. The van der Waals surface area contributed by atoms with Gasteiger partial charge in [-0.05, 0) is 71.0 Å². The van der Waals surface area contributed by atoms with Gasteiger partial charge in [0.2, 0.25) is 5.91 Å². The Morgan fingerprint density at radius 1 is 1.08 bits per heavy atom. The average Bonchev–Trinajstić information content (AvgIpc) is 2.89. The summed E-state index contributed by atoms with van der Waals surface area (Å²) in [6, 6.07) is 20.6. The van der Waals surface area contributed by atoms with Gasteiger partial charge in [0.1, 0.15) is 18.2 Å². The molecule has 1 amide bonds. The highest BCUT2D eigenvalue weighted by molar-refractivity contribution is 5.73. The summed E-state index contributed by atoms with van der Waals surface area (Å²) in [6.45, 7) is 8.70. The molecule has 5 nitrogen and oxygen atoms in total. The first-order valence-electron chi connectivity index (χ1n) is 13.9. The Bertz CT molecular complexity index is 1260. The summed E-state index contributed by atoms with van der Waals surface area (Å²) in [5, 5.41) is 17.6. The number of fused-ring (bicyclic) bond motifs is 1. The molecule has 0 bridgehead atoms. The van der Waals surface area contributed by atoms with Crippen LogP contribution in [0.25, 0.3) is 0 Å². The van der Waals surface area contributed by atoms with E-state index in [1.807, 2.05) is 30.3 Å². The number of hydrogen-bond donors (Lipinski definition) is 3. The molecule has 208 valence electrons. The molecule has 3 unspecified atom stereocenters. The van der Waals surface area contributed by atoms with Crippen LogP contribution in [0, 0.1) is 5.82 Å². The van der Waals surface area contributed by atoms with Crippen molar-refractivity contribution in [3.8, 4) is 5.75 Å². The molecule has 0 radical (unpaired) electrons. The van der Waals surface area contributed by atoms with Crippen molar-refractivity contribution in [1.29, 1.82) is 0 Å². The monoisotopic (exact) mass is 532 g/mol. The summed E-state index contributed by atoms with van der Waals surface area (Å²) in [5.41, 5.74) is 5.63. The summed E-state index contributed by atoms with van der Waals surface area (Å²) in [6.07, 6.45) is 2.55. The van der Waals surface area contributed by atoms with Crippen LogP contribution in [-0.4, -0.2) is 29.7 Å². The number of nitrogens with one attached hydrogen (secondary N) is 2. The fourth-order valence-electron chi connectivity index (χ4n) is 5.24. The third-order valence-corrected chi connectivity index (χ3v) is 7.39. The van der Waals surface area contributed by atoms with E-state index in [2.05, 4.69) is 49.6 Å². The van der Waals surface area contributed by atoms with Crippen LogP contribution in [0.1, 0.15) is 74.4 Å². The van der Waals surface area contributed by atoms with Gasteiger partial charge in [0.15, 0.2) is 0 Å². The van der Waals surface area contributed by atoms with Crippen molar-refractivity contribution < 1.29 is 19.0 Å². The molecule has 0 aliphatic heterocycles. The quantitative estimate of drug-likeness (QED) is 0.310. The molecule has 3 aromatic rings. The first-order chi connectivity index (χ1) is 18.6. The van der Waals surface area contributed by atoms with Gasteiger partial charge in [-0.3, -0.25) is 4.79 Å². The van der Waals surface area contributed by atoms with Gasteiger partial charge in [-0.2, -0.15) is 0 Å².